The minimum absolute atomic E-state index is 0.178. The van der Waals surface area contributed by atoms with Crippen molar-refractivity contribution in [2.45, 2.75) is 207 Å². The van der Waals surface area contributed by atoms with E-state index in [2.05, 4.69) is 30.9 Å². The molecule has 11 nitrogen and oxygen atoms in total. The first kappa shape index (κ1) is 47.9. The Morgan fingerprint density at radius 3 is 1.36 bits per heavy atom. The number of carbonyl (C=O) groups excluding carboxylic acids is 3. The Labute approximate surface area is 306 Å². The first-order valence-electron chi connectivity index (χ1n) is 19.3. The number of nitrogens with two attached hydrogens (primary N) is 2. The molecule has 5 N–H and O–H groups in total. The highest BCUT2D eigenvalue weighted by molar-refractivity contribution is 5.77. The number of ether oxygens (including phenoxy) is 4. The molecule has 3 fully saturated rings. The summed E-state index contributed by atoms with van der Waals surface area (Å²) in [5, 5.41) is 3.40. The van der Waals surface area contributed by atoms with Gasteiger partial charge >= 0.3 is 18.4 Å². The molecule has 296 valence electrons. The molecule has 0 aromatic rings. The molecule has 0 heterocycles. The number of amides is 1. The van der Waals surface area contributed by atoms with Crippen molar-refractivity contribution in [3.8, 4) is 0 Å². The maximum atomic E-state index is 12.0. The molecule has 6 atom stereocenters. The lowest BCUT2D eigenvalue weighted by Gasteiger charge is -2.38. The molecule has 3 saturated carbocycles. The Morgan fingerprint density at radius 1 is 0.620 bits per heavy atom. The zero-order chi connectivity index (χ0) is 38.7. The normalized spacial score (nSPS) is 25.4. The monoisotopic (exact) mass is 715 g/mol. The van der Waals surface area contributed by atoms with Crippen molar-refractivity contribution in [3.05, 3.63) is 0 Å². The van der Waals surface area contributed by atoms with Crippen molar-refractivity contribution in [1.82, 2.24) is 10.2 Å². The zero-order valence-electron chi connectivity index (χ0n) is 34.3. The third-order valence-electron chi connectivity index (χ3n) is 9.20. The average Bonchev–Trinajstić information content (AvgIpc) is 3.00. The molecule has 3 aliphatic carbocycles. The minimum atomic E-state index is -1.06. The van der Waals surface area contributed by atoms with Crippen molar-refractivity contribution < 1.29 is 33.3 Å². The van der Waals surface area contributed by atoms with Crippen LogP contribution in [0, 0.1) is 11.8 Å². The predicted octanol–water partition coefficient (Wildman–Crippen LogP) is 9.08. The van der Waals surface area contributed by atoms with Gasteiger partial charge in [0.25, 0.3) is 0 Å². The SMILES string of the molecule is CC(C)(C)OC(=O)OC(=O)OC(C)(C)C.CC[C@@H]1CCCC[C@@H]1N(C)C(=O)OC(C)(C)C.CC[C@@H]1CCCC[C@@H]1NC.N[C@@H]1CCCC[C@@H]1N. The Hall–Kier alpha value is -2.11. The molecule has 11 heteroatoms. The number of nitrogens with one attached hydrogen (secondary N) is 1. The second-order valence-electron chi connectivity index (χ2n) is 17.1. The van der Waals surface area contributed by atoms with E-state index in [4.69, 9.17) is 25.7 Å². The fourth-order valence-electron chi connectivity index (χ4n) is 6.52. The van der Waals surface area contributed by atoms with Crippen LogP contribution in [-0.4, -0.2) is 78.4 Å². The van der Waals surface area contributed by atoms with Crippen molar-refractivity contribution in [1.29, 1.82) is 0 Å². The van der Waals surface area contributed by atoms with Crippen LogP contribution in [0.5, 0.6) is 0 Å². The van der Waals surface area contributed by atoms with Gasteiger partial charge < -0.3 is 40.6 Å². The van der Waals surface area contributed by atoms with Gasteiger partial charge in [0, 0.05) is 31.2 Å². The van der Waals surface area contributed by atoms with Gasteiger partial charge in [0.05, 0.1) is 0 Å². The van der Waals surface area contributed by atoms with Gasteiger partial charge in [0.2, 0.25) is 0 Å². The molecule has 0 saturated heterocycles. The molecule has 0 aromatic carbocycles. The van der Waals surface area contributed by atoms with E-state index in [0.717, 1.165) is 37.6 Å². The summed E-state index contributed by atoms with van der Waals surface area (Å²) in [4.78, 5) is 35.9. The number of hydrogen-bond donors (Lipinski definition) is 3. The average molecular weight is 715 g/mol. The summed E-state index contributed by atoms with van der Waals surface area (Å²) in [5.41, 5.74) is 9.51. The minimum Gasteiger partial charge on any atom is -0.444 e. The van der Waals surface area contributed by atoms with E-state index in [1.807, 2.05) is 32.7 Å². The molecule has 0 aromatic heterocycles. The number of nitrogens with zero attached hydrogens (tertiary/aromatic N) is 1. The molecular formula is C39H78N4O7. The summed E-state index contributed by atoms with van der Waals surface area (Å²) in [5.74, 6) is 1.60. The van der Waals surface area contributed by atoms with Gasteiger partial charge in [-0.15, -0.1) is 0 Å². The lowest BCUT2D eigenvalue weighted by atomic mass is 9.82. The molecule has 3 rings (SSSR count). The van der Waals surface area contributed by atoms with E-state index in [9.17, 15) is 14.4 Å². The molecule has 50 heavy (non-hydrogen) atoms. The highest BCUT2D eigenvalue weighted by Gasteiger charge is 2.32. The highest BCUT2D eigenvalue weighted by Crippen LogP contribution is 2.31. The van der Waals surface area contributed by atoms with Gasteiger partial charge in [0.15, 0.2) is 0 Å². The van der Waals surface area contributed by atoms with Crippen LogP contribution in [-0.2, 0) is 18.9 Å². The van der Waals surface area contributed by atoms with Crippen LogP contribution in [0.2, 0.25) is 0 Å². The standard InChI is InChI=1S/C14H27NO2.C10H18O5.C9H19N.C6H14N2/c1-6-11-9-7-8-10-12(11)15(5)13(16)17-14(2,3)4;1-9(2,3)14-7(11)13-8(12)15-10(4,5)6;1-3-8-6-4-5-7-9(8)10-2;7-5-3-1-2-4-6(5)8/h11-12H,6-10H2,1-5H3;1-6H3;8-10H,3-7H2,1-2H3;5-6H,1-4,7-8H2/t11-,12+;;8-,9+;5-,6+/m1.1./s1. The molecule has 0 unspecified atom stereocenters. The molecule has 1 amide bonds. The fraction of sp³-hybridized carbons (Fsp3) is 0.923. The summed E-state index contributed by atoms with van der Waals surface area (Å²) >= 11 is 0. The zero-order valence-corrected chi connectivity index (χ0v) is 34.3. The highest BCUT2D eigenvalue weighted by atomic mass is 16.8. The van der Waals surface area contributed by atoms with Crippen molar-refractivity contribution in [2.75, 3.05) is 14.1 Å². The smallest absolute Gasteiger partial charge is 0.444 e. The van der Waals surface area contributed by atoms with Gasteiger partial charge in [-0.05, 0) is 120 Å². The summed E-state index contributed by atoms with van der Waals surface area (Å²) < 4.78 is 19.2. The Balaban J connectivity index is 0.000000664. The van der Waals surface area contributed by atoms with Gasteiger partial charge in [-0.3, -0.25) is 0 Å². The lowest BCUT2D eigenvalue weighted by molar-refractivity contribution is -0.0294. The van der Waals surface area contributed by atoms with Crippen LogP contribution in [0.4, 0.5) is 14.4 Å². The number of carbonyl (C=O) groups is 3. The lowest BCUT2D eigenvalue weighted by Crippen LogP contribution is -2.45. The van der Waals surface area contributed by atoms with E-state index in [0.29, 0.717) is 12.0 Å². The summed E-state index contributed by atoms with van der Waals surface area (Å²) in [6.45, 7) is 20.3. The molecule has 0 bridgehead atoms. The summed E-state index contributed by atoms with van der Waals surface area (Å²) in [6.07, 6.45) is 15.6. The van der Waals surface area contributed by atoms with Crippen LogP contribution in [0.15, 0.2) is 0 Å². The van der Waals surface area contributed by atoms with Crippen LogP contribution in [0.3, 0.4) is 0 Å². The van der Waals surface area contributed by atoms with Gasteiger partial charge in [0.1, 0.15) is 16.8 Å². The van der Waals surface area contributed by atoms with Gasteiger partial charge in [-0.2, -0.15) is 0 Å². The Morgan fingerprint density at radius 2 is 1.00 bits per heavy atom. The van der Waals surface area contributed by atoms with E-state index in [-0.39, 0.29) is 18.2 Å². The van der Waals surface area contributed by atoms with Crippen molar-refractivity contribution in [2.24, 2.45) is 23.3 Å². The Bertz CT molecular complexity index is 910. The molecule has 0 spiro atoms. The van der Waals surface area contributed by atoms with E-state index in [1.54, 1.807) is 41.5 Å². The third kappa shape index (κ3) is 22.7. The first-order valence-corrected chi connectivity index (χ1v) is 19.3. The van der Waals surface area contributed by atoms with Crippen LogP contribution in [0.1, 0.15) is 166 Å². The molecule has 3 aliphatic rings. The fourth-order valence-corrected chi connectivity index (χ4v) is 6.52. The largest absolute Gasteiger partial charge is 0.519 e. The van der Waals surface area contributed by atoms with Crippen LogP contribution >= 0.6 is 0 Å². The van der Waals surface area contributed by atoms with Gasteiger partial charge in [-0.1, -0.05) is 65.2 Å². The quantitative estimate of drug-likeness (QED) is 0.146. The van der Waals surface area contributed by atoms with Crippen molar-refractivity contribution in [3.63, 3.8) is 0 Å². The maximum Gasteiger partial charge on any atom is 0.519 e. The molecule has 0 aliphatic heterocycles. The third-order valence-corrected chi connectivity index (χ3v) is 9.20. The number of rotatable bonds is 4. The predicted molar refractivity (Wildman–Crippen MR) is 203 cm³/mol. The second-order valence-corrected chi connectivity index (χ2v) is 17.1. The summed E-state index contributed by atoms with van der Waals surface area (Å²) in [6, 6.07) is 1.75. The number of hydrogen-bond acceptors (Lipinski definition) is 10. The molecule has 0 radical (unpaired) electrons. The van der Waals surface area contributed by atoms with E-state index in [1.165, 1.54) is 64.2 Å². The van der Waals surface area contributed by atoms with E-state index >= 15 is 0 Å². The second kappa shape index (κ2) is 23.5. The first-order chi connectivity index (χ1) is 23.0. The Kier molecular flexibility index (Phi) is 22.5. The summed E-state index contributed by atoms with van der Waals surface area (Å²) in [7, 11) is 3.98. The molecular weight excluding hydrogens is 636 g/mol. The van der Waals surface area contributed by atoms with E-state index < -0.39 is 29.1 Å². The van der Waals surface area contributed by atoms with Gasteiger partial charge in [-0.25, -0.2) is 14.4 Å². The topological polar surface area (TPSA) is 155 Å². The van der Waals surface area contributed by atoms with Crippen LogP contribution < -0.4 is 16.8 Å². The maximum absolute atomic E-state index is 12.0. The van der Waals surface area contributed by atoms with Crippen molar-refractivity contribution >= 4 is 18.4 Å². The van der Waals surface area contributed by atoms with Crippen LogP contribution in [0.25, 0.3) is 0 Å².